The number of amidine groups is 1. The quantitative estimate of drug-likeness (QED) is 0.714. The number of hydrogen-bond donors (Lipinski definition) is 1. The Hall–Kier alpha value is -3.74. The van der Waals surface area contributed by atoms with Gasteiger partial charge in [0.25, 0.3) is 11.5 Å². The molecule has 4 rings (SSSR count). The van der Waals surface area contributed by atoms with Crippen LogP contribution in [0.3, 0.4) is 0 Å². The molecular formula is C21H18N4O3. The number of nitrogens with zero attached hydrogens (tertiary/aromatic N) is 3. The molecule has 0 fully saturated rings. The summed E-state index contributed by atoms with van der Waals surface area (Å²) in [5, 5.41) is 0.427. The number of fused-ring (bicyclic) bond motifs is 1. The predicted molar refractivity (Wildman–Crippen MR) is 109 cm³/mol. The number of aliphatic imine (C=N–C) groups is 1. The van der Waals surface area contributed by atoms with E-state index < -0.39 is 0 Å². The van der Waals surface area contributed by atoms with E-state index in [1.807, 2.05) is 24.3 Å². The Bertz CT molecular complexity index is 1210. The highest BCUT2D eigenvalue weighted by molar-refractivity contribution is 6.28. The molecular weight excluding hydrogens is 356 g/mol. The van der Waals surface area contributed by atoms with Crippen molar-refractivity contribution in [3.8, 4) is 5.75 Å². The maximum atomic E-state index is 12.9. The summed E-state index contributed by atoms with van der Waals surface area (Å²) in [5.41, 5.74) is 2.10. The lowest BCUT2D eigenvalue weighted by molar-refractivity contribution is -0.113. The molecule has 7 nitrogen and oxygen atoms in total. The number of methoxy groups -OCH3 is 1. The molecule has 1 N–H and O–H groups in total. The molecule has 140 valence electrons. The number of ether oxygens (including phenoxy) is 1. The number of benzene rings is 2. The summed E-state index contributed by atoms with van der Waals surface area (Å²) in [6.45, 7) is 3.49. The number of aromatic amines is 1. The zero-order chi connectivity index (χ0) is 19.8. The van der Waals surface area contributed by atoms with E-state index in [2.05, 4.69) is 15.0 Å². The van der Waals surface area contributed by atoms with Crippen molar-refractivity contribution in [2.45, 2.75) is 13.8 Å². The van der Waals surface area contributed by atoms with Crippen molar-refractivity contribution in [2.75, 3.05) is 12.0 Å². The van der Waals surface area contributed by atoms with E-state index in [0.29, 0.717) is 33.9 Å². The highest BCUT2D eigenvalue weighted by Crippen LogP contribution is 2.27. The lowest BCUT2D eigenvalue weighted by Gasteiger charge is -2.16. The third-order valence-corrected chi connectivity index (χ3v) is 4.51. The van der Waals surface area contributed by atoms with Gasteiger partial charge in [-0.1, -0.05) is 12.1 Å². The van der Waals surface area contributed by atoms with Crippen molar-refractivity contribution >= 4 is 34.4 Å². The molecule has 1 aliphatic heterocycles. The van der Waals surface area contributed by atoms with E-state index in [1.54, 1.807) is 45.2 Å². The van der Waals surface area contributed by atoms with Gasteiger partial charge in [0.2, 0.25) is 0 Å². The van der Waals surface area contributed by atoms with Crippen molar-refractivity contribution in [3.05, 3.63) is 69.9 Å². The molecule has 1 aliphatic rings. The maximum Gasteiger partial charge on any atom is 0.282 e. The summed E-state index contributed by atoms with van der Waals surface area (Å²) in [5.74, 6) is 1.58. The van der Waals surface area contributed by atoms with Gasteiger partial charge in [-0.25, -0.2) is 9.98 Å². The lowest BCUT2D eigenvalue weighted by atomic mass is 10.1. The van der Waals surface area contributed by atoms with Crippen LogP contribution in [-0.4, -0.2) is 28.8 Å². The number of carbonyl (C=O) groups excluding carboxylic acids is 1. The molecule has 1 amide bonds. The summed E-state index contributed by atoms with van der Waals surface area (Å²) in [6, 6.07) is 12.5. The van der Waals surface area contributed by atoms with Crippen LogP contribution >= 0.6 is 0 Å². The normalized spacial score (nSPS) is 15.4. The van der Waals surface area contributed by atoms with Crippen LogP contribution in [0.5, 0.6) is 5.75 Å². The molecule has 0 unspecified atom stereocenters. The number of H-pyrrole nitrogens is 1. The van der Waals surface area contributed by atoms with E-state index in [0.717, 1.165) is 11.3 Å². The van der Waals surface area contributed by atoms with Crippen LogP contribution in [0.15, 0.2) is 57.9 Å². The van der Waals surface area contributed by atoms with Gasteiger partial charge in [0.1, 0.15) is 23.1 Å². The number of amides is 1. The minimum atomic E-state index is -0.246. The van der Waals surface area contributed by atoms with Gasteiger partial charge in [-0.2, -0.15) is 0 Å². The molecule has 2 heterocycles. The van der Waals surface area contributed by atoms with Crippen LogP contribution in [0, 0.1) is 6.92 Å². The number of aryl methyl sites for hydroxylation is 1. The minimum Gasteiger partial charge on any atom is -0.497 e. The van der Waals surface area contributed by atoms with Crippen LogP contribution in [0.2, 0.25) is 0 Å². The van der Waals surface area contributed by atoms with Gasteiger partial charge in [-0.05, 0) is 55.8 Å². The largest absolute Gasteiger partial charge is 0.497 e. The molecule has 2 aromatic carbocycles. The monoisotopic (exact) mass is 374 g/mol. The van der Waals surface area contributed by atoms with Gasteiger partial charge in [-0.15, -0.1) is 0 Å². The molecule has 3 aromatic rings. The fourth-order valence-electron chi connectivity index (χ4n) is 3.17. The van der Waals surface area contributed by atoms with Crippen molar-refractivity contribution in [3.63, 3.8) is 0 Å². The van der Waals surface area contributed by atoms with Crippen LogP contribution in [-0.2, 0) is 4.79 Å². The molecule has 0 saturated heterocycles. The molecule has 0 bridgehead atoms. The number of hydrogen-bond acceptors (Lipinski definition) is 5. The van der Waals surface area contributed by atoms with Crippen LogP contribution in [0.25, 0.3) is 17.0 Å². The Morgan fingerprint density at radius 2 is 1.82 bits per heavy atom. The number of rotatable bonds is 3. The Balaban J connectivity index is 1.71. The topological polar surface area (TPSA) is 87.7 Å². The Labute approximate surface area is 161 Å². The van der Waals surface area contributed by atoms with Gasteiger partial charge in [-0.3, -0.25) is 14.5 Å². The number of anilines is 1. The molecule has 0 atom stereocenters. The second-order valence-electron chi connectivity index (χ2n) is 6.46. The highest BCUT2D eigenvalue weighted by atomic mass is 16.5. The van der Waals surface area contributed by atoms with Gasteiger partial charge < -0.3 is 9.72 Å². The summed E-state index contributed by atoms with van der Waals surface area (Å²) < 4.78 is 5.15. The highest BCUT2D eigenvalue weighted by Gasteiger charge is 2.29. The first kappa shape index (κ1) is 17.7. The third-order valence-electron chi connectivity index (χ3n) is 4.51. The van der Waals surface area contributed by atoms with E-state index in [1.165, 1.54) is 4.90 Å². The summed E-state index contributed by atoms with van der Waals surface area (Å²) >= 11 is 0. The summed E-state index contributed by atoms with van der Waals surface area (Å²) in [6.07, 6.45) is 1.73. The lowest BCUT2D eigenvalue weighted by Crippen LogP contribution is -2.30. The van der Waals surface area contributed by atoms with Crippen LogP contribution in [0.1, 0.15) is 18.3 Å². The van der Waals surface area contributed by atoms with Gasteiger partial charge >= 0.3 is 0 Å². The molecule has 0 radical (unpaired) electrons. The SMILES string of the molecule is COc1ccc(/C=C2/N=C(C)N(c3ccc4nc(C)[nH]c(=O)c4c3)C2=O)cc1. The van der Waals surface area contributed by atoms with Gasteiger partial charge in [0.05, 0.1) is 23.7 Å². The first-order valence-electron chi connectivity index (χ1n) is 8.72. The zero-order valence-electron chi connectivity index (χ0n) is 15.7. The third kappa shape index (κ3) is 3.07. The molecule has 1 aromatic heterocycles. The molecule has 7 heteroatoms. The number of carbonyl (C=O) groups is 1. The van der Waals surface area contributed by atoms with Crippen LogP contribution in [0.4, 0.5) is 5.69 Å². The summed E-state index contributed by atoms with van der Waals surface area (Å²) in [7, 11) is 1.60. The van der Waals surface area contributed by atoms with Crippen molar-refractivity contribution in [1.29, 1.82) is 0 Å². The average Bonchev–Trinajstić information content (AvgIpc) is 2.95. The number of aromatic nitrogens is 2. The van der Waals surface area contributed by atoms with Crippen molar-refractivity contribution in [2.24, 2.45) is 4.99 Å². The average molecular weight is 374 g/mol. The second kappa shape index (κ2) is 6.77. The van der Waals surface area contributed by atoms with Gasteiger partial charge in [0.15, 0.2) is 0 Å². The van der Waals surface area contributed by atoms with E-state index in [-0.39, 0.29) is 11.5 Å². The summed E-state index contributed by atoms with van der Waals surface area (Å²) in [4.78, 5) is 38.1. The van der Waals surface area contributed by atoms with E-state index >= 15 is 0 Å². The fraction of sp³-hybridized carbons (Fsp3) is 0.143. The minimum absolute atomic E-state index is 0.236. The van der Waals surface area contributed by atoms with Crippen LogP contribution < -0.4 is 15.2 Å². The van der Waals surface area contributed by atoms with E-state index in [9.17, 15) is 9.59 Å². The molecule has 28 heavy (non-hydrogen) atoms. The Morgan fingerprint density at radius 3 is 2.54 bits per heavy atom. The smallest absolute Gasteiger partial charge is 0.282 e. The standard InChI is InChI=1S/C21H18N4O3/c1-12-22-18-9-6-15(11-17(18)20(26)23-12)25-13(2)24-19(21(25)27)10-14-4-7-16(28-3)8-5-14/h4-11H,1-3H3,(H,22,23,26)/b19-10+. The molecule has 0 aliphatic carbocycles. The first-order valence-corrected chi connectivity index (χ1v) is 8.72. The molecule has 0 saturated carbocycles. The fourth-order valence-corrected chi connectivity index (χ4v) is 3.17. The van der Waals surface area contributed by atoms with E-state index in [4.69, 9.17) is 4.74 Å². The van der Waals surface area contributed by atoms with Crippen molar-refractivity contribution < 1.29 is 9.53 Å². The Morgan fingerprint density at radius 1 is 1.07 bits per heavy atom. The first-order chi connectivity index (χ1) is 13.5. The van der Waals surface area contributed by atoms with Crippen molar-refractivity contribution in [1.82, 2.24) is 9.97 Å². The number of nitrogens with one attached hydrogen (secondary N) is 1. The molecule has 0 spiro atoms. The van der Waals surface area contributed by atoms with Gasteiger partial charge in [0, 0.05) is 0 Å². The Kier molecular flexibility index (Phi) is 4.27. The predicted octanol–water partition coefficient (Wildman–Crippen LogP) is 3.05. The second-order valence-corrected chi connectivity index (χ2v) is 6.46. The maximum absolute atomic E-state index is 12.9. The zero-order valence-corrected chi connectivity index (χ0v) is 15.7.